The van der Waals surface area contributed by atoms with E-state index in [-0.39, 0.29) is 16.7 Å². The number of benzene rings is 1. The Hall–Kier alpha value is -1.49. The van der Waals surface area contributed by atoms with E-state index in [1.54, 1.807) is 26.8 Å². The number of amides is 1. The Kier molecular flexibility index (Phi) is 3.83. The summed E-state index contributed by atoms with van der Waals surface area (Å²) in [7, 11) is 0. The van der Waals surface area contributed by atoms with E-state index in [0.717, 1.165) is 0 Å². The number of halogens is 1. The fourth-order valence-corrected chi connectivity index (χ4v) is 1.21. The Balaban J connectivity index is 2.89. The third kappa shape index (κ3) is 3.00. The van der Waals surface area contributed by atoms with Crippen LogP contribution in [-0.2, 0) is 4.79 Å². The van der Waals surface area contributed by atoms with Gasteiger partial charge >= 0.3 is 0 Å². The molecular formula is C12H15FN2OS. The molecule has 0 fully saturated rings. The second-order valence-electron chi connectivity index (χ2n) is 4.41. The Bertz CT molecular complexity index is 472. The van der Waals surface area contributed by atoms with Crippen molar-refractivity contribution in [3.63, 3.8) is 0 Å². The molecule has 92 valence electrons. The SMILES string of the molecule is Cc1cc(NC(=O)C(C)(C)C(N)=S)ccc1F. The summed E-state index contributed by atoms with van der Waals surface area (Å²) < 4.78 is 13.0. The number of nitrogens with one attached hydrogen (secondary N) is 1. The number of hydrogen-bond donors (Lipinski definition) is 2. The molecule has 0 atom stereocenters. The van der Waals surface area contributed by atoms with Gasteiger partial charge in [-0.05, 0) is 44.5 Å². The van der Waals surface area contributed by atoms with Gasteiger partial charge in [0, 0.05) is 5.69 Å². The van der Waals surface area contributed by atoms with Crippen LogP contribution in [0.3, 0.4) is 0 Å². The molecule has 0 radical (unpaired) electrons. The number of hydrogen-bond acceptors (Lipinski definition) is 2. The zero-order valence-electron chi connectivity index (χ0n) is 10.0. The lowest BCUT2D eigenvalue weighted by Crippen LogP contribution is -2.41. The van der Waals surface area contributed by atoms with Gasteiger partial charge in [0.25, 0.3) is 0 Å². The van der Waals surface area contributed by atoms with Crippen molar-refractivity contribution in [1.82, 2.24) is 0 Å². The van der Waals surface area contributed by atoms with E-state index in [0.29, 0.717) is 11.3 Å². The monoisotopic (exact) mass is 254 g/mol. The van der Waals surface area contributed by atoms with Crippen molar-refractivity contribution in [3.05, 3.63) is 29.6 Å². The van der Waals surface area contributed by atoms with Crippen LogP contribution in [0.1, 0.15) is 19.4 Å². The number of anilines is 1. The van der Waals surface area contributed by atoms with E-state index >= 15 is 0 Å². The maximum Gasteiger partial charge on any atom is 0.236 e. The maximum absolute atomic E-state index is 13.0. The zero-order valence-corrected chi connectivity index (χ0v) is 10.8. The van der Waals surface area contributed by atoms with E-state index in [1.807, 2.05) is 0 Å². The number of carbonyl (C=O) groups excluding carboxylic acids is 1. The summed E-state index contributed by atoms with van der Waals surface area (Å²) in [6, 6.07) is 4.36. The van der Waals surface area contributed by atoms with Crippen LogP contribution in [0, 0.1) is 18.2 Å². The Morgan fingerprint density at radius 3 is 2.53 bits per heavy atom. The number of nitrogens with two attached hydrogens (primary N) is 1. The standard InChI is InChI=1S/C12H15FN2OS/c1-7-6-8(4-5-9(7)13)15-11(16)12(2,3)10(14)17/h4-6H,1-3H3,(H2,14,17)(H,15,16). The van der Waals surface area contributed by atoms with Crippen LogP contribution in [0.2, 0.25) is 0 Å². The average Bonchev–Trinajstić information content (AvgIpc) is 2.23. The summed E-state index contributed by atoms with van der Waals surface area (Å²) in [4.78, 5) is 12.0. The molecule has 3 N–H and O–H groups in total. The van der Waals surface area contributed by atoms with Gasteiger partial charge in [-0.1, -0.05) is 12.2 Å². The van der Waals surface area contributed by atoms with Crippen LogP contribution in [0.4, 0.5) is 10.1 Å². The molecule has 3 nitrogen and oxygen atoms in total. The first-order valence-corrected chi connectivity index (χ1v) is 5.53. The first-order valence-electron chi connectivity index (χ1n) is 5.12. The molecule has 0 aliphatic heterocycles. The molecular weight excluding hydrogens is 239 g/mol. The number of carbonyl (C=O) groups is 1. The third-order valence-electron chi connectivity index (χ3n) is 2.60. The van der Waals surface area contributed by atoms with Gasteiger partial charge in [-0.2, -0.15) is 0 Å². The fraction of sp³-hybridized carbons (Fsp3) is 0.333. The van der Waals surface area contributed by atoms with Gasteiger partial charge in [0.15, 0.2) is 0 Å². The lowest BCUT2D eigenvalue weighted by molar-refractivity contribution is -0.121. The van der Waals surface area contributed by atoms with Crippen molar-refractivity contribution in [2.75, 3.05) is 5.32 Å². The highest BCUT2D eigenvalue weighted by Crippen LogP contribution is 2.20. The van der Waals surface area contributed by atoms with E-state index in [2.05, 4.69) is 5.32 Å². The molecule has 17 heavy (non-hydrogen) atoms. The molecule has 1 rings (SSSR count). The van der Waals surface area contributed by atoms with Gasteiger partial charge in [-0.3, -0.25) is 4.79 Å². The Labute approximate surface area is 105 Å². The van der Waals surface area contributed by atoms with Gasteiger partial charge in [-0.15, -0.1) is 0 Å². The molecule has 1 amide bonds. The number of rotatable bonds is 3. The quantitative estimate of drug-likeness (QED) is 0.814. The largest absolute Gasteiger partial charge is 0.392 e. The topological polar surface area (TPSA) is 55.1 Å². The summed E-state index contributed by atoms with van der Waals surface area (Å²) in [6.07, 6.45) is 0. The minimum Gasteiger partial charge on any atom is -0.392 e. The van der Waals surface area contributed by atoms with Crippen LogP contribution < -0.4 is 11.1 Å². The highest BCUT2D eigenvalue weighted by Gasteiger charge is 2.30. The van der Waals surface area contributed by atoms with E-state index in [4.69, 9.17) is 18.0 Å². The summed E-state index contributed by atoms with van der Waals surface area (Å²) in [6.45, 7) is 4.91. The van der Waals surface area contributed by atoms with Crippen molar-refractivity contribution in [1.29, 1.82) is 0 Å². The lowest BCUT2D eigenvalue weighted by Gasteiger charge is -2.22. The van der Waals surface area contributed by atoms with Gasteiger partial charge in [0.1, 0.15) is 5.82 Å². The maximum atomic E-state index is 13.0. The molecule has 0 saturated heterocycles. The summed E-state index contributed by atoms with van der Waals surface area (Å²) >= 11 is 4.83. The van der Waals surface area contributed by atoms with Crippen molar-refractivity contribution in [2.45, 2.75) is 20.8 Å². The minimum absolute atomic E-state index is 0.119. The number of aryl methyl sites for hydroxylation is 1. The van der Waals surface area contributed by atoms with Crippen molar-refractivity contribution >= 4 is 28.8 Å². The molecule has 0 saturated carbocycles. The van der Waals surface area contributed by atoms with Crippen LogP contribution in [0.5, 0.6) is 0 Å². The van der Waals surface area contributed by atoms with E-state index in [9.17, 15) is 9.18 Å². The smallest absolute Gasteiger partial charge is 0.236 e. The Morgan fingerprint density at radius 1 is 1.47 bits per heavy atom. The molecule has 0 aliphatic carbocycles. The molecule has 1 aromatic rings. The van der Waals surface area contributed by atoms with Gasteiger partial charge in [0.05, 0.1) is 10.4 Å². The highest BCUT2D eigenvalue weighted by atomic mass is 32.1. The predicted molar refractivity (Wildman–Crippen MR) is 70.3 cm³/mol. The molecule has 0 spiro atoms. The molecule has 5 heteroatoms. The molecule has 0 aliphatic rings. The van der Waals surface area contributed by atoms with Crippen LogP contribution in [0.15, 0.2) is 18.2 Å². The lowest BCUT2D eigenvalue weighted by atomic mass is 9.92. The summed E-state index contributed by atoms with van der Waals surface area (Å²) in [5.41, 5.74) is 5.55. The van der Waals surface area contributed by atoms with Crippen LogP contribution in [-0.4, -0.2) is 10.9 Å². The van der Waals surface area contributed by atoms with Crippen molar-refractivity contribution in [2.24, 2.45) is 11.1 Å². The second-order valence-corrected chi connectivity index (χ2v) is 4.85. The zero-order chi connectivity index (χ0) is 13.2. The minimum atomic E-state index is -0.933. The molecule has 0 heterocycles. The molecule has 0 aromatic heterocycles. The molecule has 0 bridgehead atoms. The van der Waals surface area contributed by atoms with Crippen LogP contribution >= 0.6 is 12.2 Å². The summed E-state index contributed by atoms with van der Waals surface area (Å²) in [5.74, 6) is -0.618. The van der Waals surface area contributed by atoms with Gasteiger partial charge < -0.3 is 11.1 Å². The average molecular weight is 254 g/mol. The Morgan fingerprint density at radius 2 is 2.06 bits per heavy atom. The predicted octanol–water partition coefficient (Wildman–Crippen LogP) is 2.38. The van der Waals surface area contributed by atoms with E-state index < -0.39 is 5.41 Å². The highest BCUT2D eigenvalue weighted by molar-refractivity contribution is 7.80. The van der Waals surface area contributed by atoms with Gasteiger partial charge in [-0.25, -0.2) is 4.39 Å². The van der Waals surface area contributed by atoms with Gasteiger partial charge in [0.2, 0.25) is 5.91 Å². The first-order chi connectivity index (χ1) is 7.75. The normalized spacial score (nSPS) is 11.1. The molecule has 0 unspecified atom stereocenters. The van der Waals surface area contributed by atoms with Crippen molar-refractivity contribution < 1.29 is 9.18 Å². The van der Waals surface area contributed by atoms with E-state index in [1.165, 1.54) is 12.1 Å². The number of thiocarbonyl (C=S) groups is 1. The molecule has 1 aromatic carbocycles. The first kappa shape index (κ1) is 13.6. The summed E-state index contributed by atoms with van der Waals surface area (Å²) in [5, 5.41) is 2.66. The van der Waals surface area contributed by atoms with Crippen molar-refractivity contribution in [3.8, 4) is 0 Å². The van der Waals surface area contributed by atoms with Crippen LogP contribution in [0.25, 0.3) is 0 Å². The third-order valence-corrected chi connectivity index (χ3v) is 3.11. The second kappa shape index (κ2) is 4.79. The fourth-order valence-electron chi connectivity index (χ4n) is 1.12.